The van der Waals surface area contributed by atoms with Crippen molar-refractivity contribution in [2.24, 2.45) is 5.41 Å². The summed E-state index contributed by atoms with van der Waals surface area (Å²) in [6, 6.07) is 5.51. The summed E-state index contributed by atoms with van der Waals surface area (Å²) in [6.45, 7) is 3.43. The molecule has 7 heteroatoms. The molecule has 144 valence electrons. The smallest absolute Gasteiger partial charge is 0.406 e. The van der Waals surface area contributed by atoms with E-state index in [0.717, 1.165) is 45.1 Å². The van der Waals surface area contributed by atoms with Crippen LogP contribution in [0.3, 0.4) is 0 Å². The highest BCUT2D eigenvalue weighted by molar-refractivity contribution is 6.00. The maximum Gasteiger partial charge on any atom is 0.573 e. The second-order valence-corrected chi connectivity index (χ2v) is 7.10. The van der Waals surface area contributed by atoms with Crippen LogP contribution in [-0.4, -0.2) is 31.5 Å². The lowest BCUT2D eigenvalue weighted by molar-refractivity contribution is -0.274. The van der Waals surface area contributed by atoms with Crippen LogP contribution in [0.2, 0.25) is 0 Å². The van der Waals surface area contributed by atoms with Crippen LogP contribution in [0.15, 0.2) is 24.3 Å². The standard InChI is InChI=1S/C19H24F3NO3/c1-2-13-25-15-7-9-18(10-8-15)11-12-23(17(18)24)14-3-5-16(6-4-14)26-19(20,21)22/h3-6,15H,2,7-13H2,1H3/t15-,18+. The number of rotatable bonds is 5. The van der Waals surface area contributed by atoms with Gasteiger partial charge in [-0.15, -0.1) is 13.2 Å². The number of alkyl halides is 3. The first-order chi connectivity index (χ1) is 12.3. The SMILES string of the molecule is CCCO[C@H]1CC[C@]2(CCN(c3ccc(OC(F)(F)F)cc3)C2=O)CC1. The fourth-order valence-electron chi connectivity index (χ4n) is 3.95. The van der Waals surface area contributed by atoms with Crippen molar-refractivity contribution >= 4 is 11.6 Å². The van der Waals surface area contributed by atoms with Gasteiger partial charge in [0.05, 0.1) is 11.5 Å². The van der Waals surface area contributed by atoms with E-state index in [2.05, 4.69) is 11.7 Å². The van der Waals surface area contributed by atoms with E-state index in [1.54, 1.807) is 4.90 Å². The summed E-state index contributed by atoms with van der Waals surface area (Å²) in [5.41, 5.74) is 0.276. The lowest BCUT2D eigenvalue weighted by Gasteiger charge is -2.35. The lowest BCUT2D eigenvalue weighted by Crippen LogP contribution is -2.39. The third-order valence-electron chi connectivity index (χ3n) is 5.34. The topological polar surface area (TPSA) is 38.8 Å². The summed E-state index contributed by atoms with van der Waals surface area (Å²) < 4.78 is 46.5. The Morgan fingerprint density at radius 3 is 2.38 bits per heavy atom. The van der Waals surface area contributed by atoms with Crippen molar-refractivity contribution in [2.75, 3.05) is 18.1 Å². The van der Waals surface area contributed by atoms with Crippen molar-refractivity contribution in [3.05, 3.63) is 24.3 Å². The molecule has 0 radical (unpaired) electrons. The van der Waals surface area contributed by atoms with E-state index in [0.29, 0.717) is 12.2 Å². The number of halogens is 3. The number of amides is 1. The molecule has 0 atom stereocenters. The van der Waals surface area contributed by atoms with Gasteiger partial charge in [0.25, 0.3) is 0 Å². The van der Waals surface area contributed by atoms with E-state index in [4.69, 9.17) is 4.74 Å². The molecular formula is C19H24F3NO3. The molecule has 3 rings (SSSR count). The molecule has 0 N–H and O–H groups in total. The zero-order valence-corrected chi connectivity index (χ0v) is 14.8. The number of ether oxygens (including phenoxy) is 2. The number of hydrogen-bond acceptors (Lipinski definition) is 3. The average molecular weight is 371 g/mol. The van der Waals surface area contributed by atoms with Crippen molar-refractivity contribution < 1.29 is 27.4 Å². The number of benzene rings is 1. The number of carbonyl (C=O) groups is 1. The highest BCUT2D eigenvalue weighted by Crippen LogP contribution is 2.46. The van der Waals surface area contributed by atoms with Crippen molar-refractivity contribution in [1.82, 2.24) is 0 Å². The van der Waals surface area contributed by atoms with Crippen molar-refractivity contribution in [3.63, 3.8) is 0 Å². The molecule has 1 aliphatic carbocycles. The number of anilines is 1. The Balaban J connectivity index is 1.62. The van der Waals surface area contributed by atoms with Gasteiger partial charge in [-0.25, -0.2) is 0 Å². The number of carbonyl (C=O) groups excluding carboxylic acids is 1. The van der Waals surface area contributed by atoms with Crippen LogP contribution in [0.25, 0.3) is 0 Å². The molecular weight excluding hydrogens is 347 g/mol. The Hall–Kier alpha value is -1.76. The van der Waals surface area contributed by atoms with E-state index in [-0.39, 0.29) is 23.2 Å². The highest BCUT2D eigenvalue weighted by Gasteiger charge is 2.48. The molecule has 1 saturated heterocycles. The Kier molecular flexibility index (Phi) is 5.46. The van der Waals surface area contributed by atoms with E-state index < -0.39 is 6.36 Å². The first-order valence-corrected chi connectivity index (χ1v) is 9.12. The summed E-state index contributed by atoms with van der Waals surface area (Å²) in [5, 5.41) is 0. The van der Waals surface area contributed by atoms with Gasteiger partial charge in [-0.3, -0.25) is 4.79 Å². The van der Waals surface area contributed by atoms with Gasteiger partial charge in [0.1, 0.15) is 5.75 Å². The van der Waals surface area contributed by atoms with E-state index >= 15 is 0 Å². The van der Waals surface area contributed by atoms with Crippen molar-refractivity contribution in [1.29, 1.82) is 0 Å². The zero-order chi connectivity index (χ0) is 18.8. The molecule has 0 aromatic heterocycles. The van der Waals surface area contributed by atoms with Crippen molar-refractivity contribution in [3.8, 4) is 5.75 Å². The van der Waals surface area contributed by atoms with Gasteiger partial charge < -0.3 is 14.4 Å². The molecule has 1 saturated carbocycles. The molecule has 4 nitrogen and oxygen atoms in total. The van der Waals surface area contributed by atoms with Crippen LogP contribution in [0.1, 0.15) is 45.4 Å². The molecule has 1 heterocycles. The van der Waals surface area contributed by atoms with Crippen LogP contribution >= 0.6 is 0 Å². The monoisotopic (exact) mass is 371 g/mol. The largest absolute Gasteiger partial charge is 0.573 e. The van der Waals surface area contributed by atoms with Gasteiger partial charge >= 0.3 is 6.36 Å². The highest BCUT2D eigenvalue weighted by atomic mass is 19.4. The molecule has 2 fully saturated rings. The van der Waals surface area contributed by atoms with Gasteiger partial charge in [-0.2, -0.15) is 0 Å². The Morgan fingerprint density at radius 2 is 1.81 bits per heavy atom. The van der Waals surface area contributed by atoms with Gasteiger partial charge in [-0.1, -0.05) is 6.92 Å². The molecule has 1 aromatic rings. The minimum absolute atomic E-state index is 0.0796. The minimum atomic E-state index is -4.71. The maximum atomic E-state index is 13.0. The summed E-state index contributed by atoms with van der Waals surface area (Å²) in [5.74, 6) is -0.202. The fourth-order valence-corrected chi connectivity index (χ4v) is 3.95. The van der Waals surface area contributed by atoms with Gasteiger partial charge in [-0.05, 0) is 62.8 Å². The van der Waals surface area contributed by atoms with E-state index in [9.17, 15) is 18.0 Å². The van der Waals surface area contributed by atoms with Crippen LogP contribution < -0.4 is 9.64 Å². The summed E-state index contributed by atoms with van der Waals surface area (Å²) in [7, 11) is 0. The molecule has 1 spiro atoms. The lowest BCUT2D eigenvalue weighted by atomic mass is 9.72. The van der Waals surface area contributed by atoms with Crippen LogP contribution in [0.4, 0.5) is 18.9 Å². The molecule has 0 bridgehead atoms. The van der Waals surface area contributed by atoms with Crippen LogP contribution in [0, 0.1) is 5.41 Å². The number of nitrogens with zero attached hydrogens (tertiary/aromatic N) is 1. The van der Waals surface area contributed by atoms with Crippen LogP contribution in [-0.2, 0) is 9.53 Å². The second-order valence-electron chi connectivity index (χ2n) is 7.10. The first kappa shape index (κ1) is 19.0. The molecule has 0 unspecified atom stereocenters. The quantitative estimate of drug-likeness (QED) is 0.755. The predicted octanol–water partition coefficient (Wildman–Crippen LogP) is 4.68. The van der Waals surface area contributed by atoms with Gasteiger partial charge in [0.15, 0.2) is 0 Å². The zero-order valence-electron chi connectivity index (χ0n) is 14.8. The second kappa shape index (κ2) is 7.47. The molecule has 1 aromatic carbocycles. The minimum Gasteiger partial charge on any atom is -0.406 e. The Labute approximate surface area is 151 Å². The molecule has 1 amide bonds. The molecule has 2 aliphatic rings. The Bertz CT molecular complexity index is 622. The third kappa shape index (κ3) is 4.14. The third-order valence-corrected chi connectivity index (χ3v) is 5.34. The summed E-state index contributed by atoms with van der Waals surface area (Å²) in [4.78, 5) is 14.7. The fraction of sp³-hybridized carbons (Fsp3) is 0.632. The Morgan fingerprint density at radius 1 is 1.15 bits per heavy atom. The summed E-state index contributed by atoms with van der Waals surface area (Å²) >= 11 is 0. The van der Waals surface area contributed by atoms with Gasteiger partial charge in [0, 0.05) is 18.8 Å². The van der Waals surface area contributed by atoms with Gasteiger partial charge in [0.2, 0.25) is 5.91 Å². The van der Waals surface area contributed by atoms with E-state index in [1.807, 2.05) is 0 Å². The van der Waals surface area contributed by atoms with E-state index in [1.165, 1.54) is 24.3 Å². The van der Waals surface area contributed by atoms with Crippen LogP contribution in [0.5, 0.6) is 5.75 Å². The average Bonchev–Trinajstić information content (AvgIpc) is 2.91. The molecule has 26 heavy (non-hydrogen) atoms. The predicted molar refractivity (Wildman–Crippen MR) is 91.0 cm³/mol. The number of hydrogen-bond donors (Lipinski definition) is 0. The maximum absolute atomic E-state index is 13.0. The normalized spacial score (nSPS) is 26.5. The molecule has 1 aliphatic heterocycles. The van der Waals surface area contributed by atoms with Crippen molar-refractivity contribution in [2.45, 2.75) is 57.9 Å². The summed E-state index contributed by atoms with van der Waals surface area (Å²) in [6.07, 6.45) is 0.693. The first-order valence-electron chi connectivity index (χ1n) is 9.12.